The van der Waals surface area contributed by atoms with E-state index in [1.807, 2.05) is 39.8 Å². The number of hydrogen-bond donors (Lipinski definition) is 0. The maximum atomic E-state index is 6.23. The molecule has 2 rings (SSSR count). The Bertz CT molecular complexity index is 444. The molecule has 5 heteroatoms. The summed E-state index contributed by atoms with van der Waals surface area (Å²) in [5.41, 5.74) is 0.109. The SMILES string of the molecule is COc1ccc(B2OC(C)(C)C(C)(C)O2)c(Cl)c1. The summed E-state index contributed by atoms with van der Waals surface area (Å²) < 4.78 is 17.0. The quantitative estimate of drug-likeness (QED) is 0.772. The molecule has 0 unspecified atom stereocenters. The Labute approximate surface area is 114 Å². The van der Waals surface area contributed by atoms with Crippen molar-refractivity contribution >= 4 is 24.2 Å². The van der Waals surface area contributed by atoms with Crippen molar-refractivity contribution in [3.63, 3.8) is 0 Å². The van der Waals surface area contributed by atoms with Crippen molar-refractivity contribution in [3.05, 3.63) is 23.2 Å². The van der Waals surface area contributed by atoms with Crippen LogP contribution in [0.25, 0.3) is 0 Å². The highest BCUT2D eigenvalue weighted by atomic mass is 35.5. The average molecular weight is 269 g/mol. The van der Waals surface area contributed by atoms with E-state index in [0.717, 1.165) is 11.2 Å². The second-order valence-electron chi connectivity index (χ2n) is 5.48. The molecule has 1 saturated heterocycles. The molecule has 0 N–H and O–H groups in total. The van der Waals surface area contributed by atoms with E-state index in [1.54, 1.807) is 13.2 Å². The van der Waals surface area contributed by atoms with E-state index >= 15 is 0 Å². The first kappa shape index (κ1) is 13.7. The summed E-state index contributed by atoms with van der Waals surface area (Å²) in [5, 5.41) is 0.591. The summed E-state index contributed by atoms with van der Waals surface area (Å²) >= 11 is 6.23. The second-order valence-corrected chi connectivity index (χ2v) is 5.88. The van der Waals surface area contributed by atoms with E-state index < -0.39 is 7.12 Å². The molecule has 1 aromatic carbocycles. The molecule has 0 bridgehead atoms. The highest BCUT2D eigenvalue weighted by Gasteiger charge is 2.52. The zero-order chi connectivity index (χ0) is 13.6. The van der Waals surface area contributed by atoms with Gasteiger partial charge in [0.2, 0.25) is 0 Å². The van der Waals surface area contributed by atoms with E-state index in [0.29, 0.717) is 5.02 Å². The lowest BCUT2D eigenvalue weighted by molar-refractivity contribution is 0.00578. The molecular formula is C13H18BClO3. The Morgan fingerprint density at radius 1 is 1.11 bits per heavy atom. The molecule has 0 aromatic heterocycles. The first-order valence-electron chi connectivity index (χ1n) is 5.96. The van der Waals surface area contributed by atoms with Crippen LogP contribution in [-0.2, 0) is 9.31 Å². The standard InChI is InChI=1S/C13H18BClO3/c1-12(2)13(3,4)18-14(17-12)10-7-6-9(16-5)8-11(10)15/h6-8H,1-5H3. The predicted octanol–water partition coefficient (Wildman–Crippen LogP) is 2.65. The van der Waals surface area contributed by atoms with Crippen LogP contribution >= 0.6 is 11.6 Å². The molecule has 0 amide bonds. The lowest BCUT2D eigenvalue weighted by Gasteiger charge is -2.32. The maximum absolute atomic E-state index is 6.23. The largest absolute Gasteiger partial charge is 0.497 e. The topological polar surface area (TPSA) is 27.7 Å². The molecule has 3 nitrogen and oxygen atoms in total. The summed E-state index contributed by atoms with van der Waals surface area (Å²) in [6.45, 7) is 8.07. The molecule has 0 aliphatic carbocycles. The van der Waals surface area contributed by atoms with Crippen molar-refractivity contribution in [1.29, 1.82) is 0 Å². The van der Waals surface area contributed by atoms with Gasteiger partial charge in [-0.15, -0.1) is 0 Å². The van der Waals surface area contributed by atoms with Gasteiger partial charge in [0, 0.05) is 10.5 Å². The monoisotopic (exact) mass is 268 g/mol. The molecule has 0 radical (unpaired) electrons. The smallest absolute Gasteiger partial charge is 0.496 e. The highest BCUT2D eigenvalue weighted by molar-refractivity contribution is 6.65. The van der Waals surface area contributed by atoms with Gasteiger partial charge in [-0.2, -0.15) is 0 Å². The van der Waals surface area contributed by atoms with Crippen molar-refractivity contribution in [2.45, 2.75) is 38.9 Å². The van der Waals surface area contributed by atoms with E-state index in [9.17, 15) is 0 Å². The van der Waals surface area contributed by atoms with Crippen molar-refractivity contribution in [2.75, 3.05) is 7.11 Å². The van der Waals surface area contributed by atoms with Crippen LogP contribution in [0.1, 0.15) is 27.7 Å². The first-order chi connectivity index (χ1) is 8.27. The Morgan fingerprint density at radius 2 is 1.67 bits per heavy atom. The number of rotatable bonds is 2. The summed E-state index contributed by atoms with van der Waals surface area (Å²) in [5.74, 6) is 0.722. The third-order valence-corrected chi connectivity index (χ3v) is 4.04. The summed E-state index contributed by atoms with van der Waals surface area (Å²) in [6, 6.07) is 5.50. The average Bonchev–Trinajstić information content (AvgIpc) is 2.47. The number of halogens is 1. The van der Waals surface area contributed by atoms with Gasteiger partial charge in [0.25, 0.3) is 0 Å². The molecule has 1 heterocycles. The Balaban J connectivity index is 2.30. The molecule has 0 atom stereocenters. The minimum absolute atomic E-state index is 0.360. The van der Waals surface area contributed by atoms with E-state index in [2.05, 4.69) is 0 Å². The van der Waals surface area contributed by atoms with Crippen LogP contribution in [0.3, 0.4) is 0 Å². The first-order valence-corrected chi connectivity index (χ1v) is 6.34. The zero-order valence-corrected chi connectivity index (χ0v) is 12.2. The molecule has 1 fully saturated rings. The summed E-state index contributed by atoms with van der Waals surface area (Å²) in [7, 11) is 1.17. The lowest BCUT2D eigenvalue weighted by Crippen LogP contribution is -2.41. The van der Waals surface area contributed by atoms with Gasteiger partial charge in [-0.05, 0) is 39.8 Å². The lowest BCUT2D eigenvalue weighted by atomic mass is 9.79. The van der Waals surface area contributed by atoms with Gasteiger partial charge in [0.1, 0.15) is 5.75 Å². The normalized spacial score (nSPS) is 21.1. The van der Waals surface area contributed by atoms with Crippen molar-refractivity contribution in [2.24, 2.45) is 0 Å². The van der Waals surface area contributed by atoms with Gasteiger partial charge in [0.15, 0.2) is 0 Å². The fourth-order valence-corrected chi connectivity index (χ4v) is 2.06. The van der Waals surface area contributed by atoms with Gasteiger partial charge in [0.05, 0.1) is 18.3 Å². The van der Waals surface area contributed by atoms with Crippen LogP contribution in [0.4, 0.5) is 0 Å². The minimum Gasteiger partial charge on any atom is -0.497 e. The highest BCUT2D eigenvalue weighted by Crippen LogP contribution is 2.37. The molecular weight excluding hydrogens is 250 g/mol. The van der Waals surface area contributed by atoms with Gasteiger partial charge in [-0.1, -0.05) is 17.7 Å². The van der Waals surface area contributed by atoms with Gasteiger partial charge in [-0.25, -0.2) is 0 Å². The van der Waals surface area contributed by atoms with Crippen LogP contribution in [0.5, 0.6) is 5.75 Å². The maximum Gasteiger partial charge on any atom is 0.496 e. The third kappa shape index (κ3) is 2.25. The summed E-state index contributed by atoms with van der Waals surface area (Å²) in [4.78, 5) is 0. The van der Waals surface area contributed by atoms with Crippen molar-refractivity contribution < 1.29 is 14.0 Å². The van der Waals surface area contributed by atoms with Crippen molar-refractivity contribution in [3.8, 4) is 5.75 Å². The predicted molar refractivity (Wildman–Crippen MR) is 73.7 cm³/mol. The van der Waals surface area contributed by atoms with Crippen LogP contribution in [0.2, 0.25) is 5.02 Å². The number of benzene rings is 1. The molecule has 98 valence electrons. The number of methoxy groups -OCH3 is 1. The molecule has 1 aliphatic heterocycles. The fourth-order valence-electron chi connectivity index (χ4n) is 1.80. The van der Waals surface area contributed by atoms with E-state index in [-0.39, 0.29) is 11.2 Å². The van der Waals surface area contributed by atoms with Crippen LogP contribution in [-0.4, -0.2) is 25.4 Å². The molecule has 1 aliphatic rings. The van der Waals surface area contributed by atoms with Crippen LogP contribution in [0.15, 0.2) is 18.2 Å². The van der Waals surface area contributed by atoms with Gasteiger partial charge < -0.3 is 14.0 Å². The van der Waals surface area contributed by atoms with E-state index in [4.69, 9.17) is 25.6 Å². The Morgan fingerprint density at radius 3 is 2.11 bits per heavy atom. The van der Waals surface area contributed by atoms with Crippen molar-refractivity contribution in [1.82, 2.24) is 0 Å². The Kier molecular flexibility index (Phi) is 3.39. The zero-order valence-electron chi connectivity index (χ0n) is 11.4. The van der Waals surface area contributed by atoms with Gasteiger partial charge >= 0.3 is 7.12 Å². The second kappa shape index (κ2) is 4.44. The third-order valence-electron chi connectivity index (χ3n) is 3.71. The van der Waals surface area contributed by atoms with Crippen LogP contribution < -0.4 is 10.2 Å². The molecule has 1 aromatic rings. The van der Waals surface area contributed by atoms with Gasteiger partial charge in [-0.3, -0.25) is 0 Å². The molecule has 0 saturated carbocycles. The Hall–Kier alpha value is -0.705. The number of hydrogen-bond acceptors (Lipinski definition) is 3. The number of ether oxygens (including phenoxy) is 1. The summed E-state index contributed by atoms with van der Waals surface area (Å²) in [6.07, 6.45) is 0. The molecule has 18 heavy (non-hydrogen) atoms. The van der Waals surface area contributed by atoms with E-state index in [1.165, 1.54) is 0 Å². The molecule has 0 spiro atoms. The fraction of sp³-hybridized carbons (Fsp3) is 0.538. The minimum atomic E-state index is -0.437. The van der Waals surface area contributed by atoms with Crippen LogP contribution in [0, 0.1) is 0 Å².